The van der Waals surface area contributed by atoms with Gasteiger partial charge in [0.25, 0.3) is 0 Å². The highest BCUT2D eigenvalue weighted by Gasteiger charge is 2.43. The minimum Gasteiger partial charge on any atom is -0.393 e. The van der Waals surface area contributed by atoms with Gasteiger partial charge in [0, 0.05) is 24.7 Å². The van der Waals surface area contributed by atoms with Gasteiger partial charge < -0.3 is 10.8 Å². The number of fused-ring (bicyclic) bond motifs is 2. The van der Waals surface area contributed by atoms with Crippen molar-refractivity contribution in [3.05, 3.63) is 35.6 Å². The Bertz CT molecular complexity index is 422. The maximum Gasteiger partial charge on any atom is 0.123 e. The van der Waals surface area contributed by atoms with Gasteiger partial charge in [-0.1, -0.05) is 12.1 Å². The van der Waals surface area contributed by atoms with E-state index in [1.54, 1.807) is 0 Å². The summed E-state index contributed by atoms with van der Waals surface area (Å²) in [5.74, 6) is -0.212. The summed E-state index contributed by atoms with van der Waals surface area (Å²) >= 11 is 0. The Hall–Kier alpha value is -0.970. The number of nitrogens with two attached hydrogens (primary N) is 1. The van der Waals surface area contributed by atoms with Crippen molar-refractivity contribution < 1.29 is 9.50 Å². The second-order valence-corrected chi connectivity index (χ2v) is 5.76. The second kappa shape index (κ2) is 5.19. The van der Waals surface area contributed by atoms with Crippen LogP contribution in [-0.4, -0.2) is 34.7 Å². The molecule has 0 aromatic heterocycles. The molecule has 104 valence electrons. The van der Waals surface area contributed by atoms with Gasteiger partial charge in [-0.25, -0.2) is 4.39 Å². The zero-order valence-corrected chi connectivity index (χ0v) is 11.0. The first-order valence-electron chi connectivity index (χ1n) is 7.10. The summed E-state index contributed by atoms with van der Waals surface area (Å²) in [6.45, 7) is 0.536. The van der Waals surface area contributed by atoms with E-state index in [0.717, 1.165) is 31.2 Å². The van der Waals surface area contributed by atoms with Crippen LogP contribution >= 0.6 is 0 Å². The Balaban J connectivity index is 1.85. The molecular weight excluding hydrogens is 243 g/mol. The van der Waals surface area contributed by atoms with Crippen LogP contribution in [0.2, 0.25) is 0 Å². The van der Waals surface area contributed by atoms with Crippen molar-refractivity contribution in [3.8, 4) is 0 Å². The van der Waals surface area contributed by atoms with Gasteiger partial charge in [-0.3, -0.25) is 4.90 Å². The van der Waals surface area contributed by atoms with E-state index >= 15 is 0 Å². The Labute approximate surface area is 113 Å². The third kappa shape index (κ3) is 2.40. The molecule has 2 saturated heterocycles. The zero-order valence-electron chi connectivity index (χ0n) is 11.0. The SMILES string of the molecule is NCC(c1ccc(F)cc1)N1C2CCC1CC(O)C2. The van der Waals surface area contributed by atoms with Crippen molar-refractivity contribution in [3.63, 3.8) is 0 Å². The van der Waals surface area contributed by atoms with Crippen molar-refractivity contribution in [1.82, 2.24) is 4.90 Å². The lowest BCUT2D eigenvalue weighted by Gasteiger charge is -2.42. The van der Waals surface area contributed by atoms with Crippen LogP contribution in [0.5, 0.6) is 0 Å². The normalized spacial score (nSPS) is 32.5. The minimum absolute atomic E-state index is 0.144. The van der Waals surface area contributed by atoms with Gasteiger partial charge in [0.05, 0.1) is 6.10 Å². The number of halogens is 1. The molecule has 2 aliphatic rings. The van der Waals surface area contributed by atoms with E-state index in [0.29, 0.717) is 18.6 Å². The lowest BCUT2D eigenvalue weighted by atomic mass is 9.94. The summed E-state index contributed by atoms with van der Waals surface area (Å²) in [6, 6.07) is 7.65. The first-order chi connectivity index (χ1) is 9.19. The molecular formula is C15H21FN2O. The maximum absolute atomic E-state index is 13.0. The standard InChI is InChI=1S/C15H21FN2O/c16-11-3-1-10(2-4-11)15(9-17)18-12-5-6-13(18)8-14(19)7-12/h1-4,12-15,19H,5-9,17H2. The number of hydrogen-bond donors (Lipinski definition) is 2. The molecule has 4 heteroatoms. The molecule has 19 heavy (non-hydrogen) atoms. The van der Waals surface area contributed by atoms with Crippen LogP contribution in [0.1, 0.15) is 37.3 Å². The van der Waals surface area contributed by atoms with Crippen LogP contribution in [0.25, 0.3) is 0 Å². The third-order valence-corrected chi connectivity index (χ3v) is 4.60. The fraction of sp³-hybridized carbons (Fsp3) is 0.600. The Kier molecular flexibility index (Phi) is 3.56. The smallest absolute Gasteiger partial charge is 0.123 e. The number of rotatable bonds is 3. The summed E-state index contributed by atoms with van der Waals surface area (Å²) in [5, 5.41) is 9.86. The van der Waals surface area contributed by atoms with Crippen LogP contribution in [0, 0.1) is 5.82 Å². The van der Waals surface area contributed by atoms with E-state index in [4.69, 9.17) is 5.73 Å². The molecule has 0 radical (unpaired) electrons. The molecule has 3 atom stereocenters. The highest BCUT2D eigenvalue weighted by molar-refractivity contribution is 5.22. The summed E-state index contributed by atoms with van der Waals surface area (Å²) in [6.07, 6.45) is 3.79. The average Bonchev–Trinajstić information content (AvgIpc) is 2.66. The van der Waals surface area contributed by atoms with Crippen LogP contribution < -0.4 is 5.73 Å². The monoisotopic (exact) mass is 264 g/mol. The van der Waals surface area contributed by atoms with E-state index in [9.17, 15) is 9.50 Å². The summed E-state index contributed by atoms with van der Waals surface area (Å²) in [5.41, 5.74) is 7.04. The zero-order chi connectivity index (χ0) is 13.4. The molecule has 0 aliphatic carbocycles. The predicted octanol–water partition coefficient (Wildman–Crippen LogP) is 1.81. The van der Waals surface area contributed by atoms with E-state index in [-0.39, 0.29) is 18.0 Å². The topological polar surface area (TPSA) is 49.5 Å². The van der Waals surface area contributed by atoms with Crippen molar-refractivity contribution in [2.75, 3.05) is 6.54 Å². The highest BCUT2D eigenvalue weighted by atomic mass is 19.1. The summed E-state index contributed by atoms with van der Waals surface area (Å²) in [4.78, 5) is 2.46. The van der Waals surface area contributed by atoms with Gasteiger partial charge in [-0.05, 0) is 43.4 Å². The molecule has 3 unspecified atom stereocenters. The van der Waals surface area contributed by atoms with E-state index in [2.05, 4.69) is 4.90 Å². The Morgan fingerprint density at radius 2 is 1.79 bits per heavy atom. The fourth-order valence-electron chi connectivity index (χ4n) is 3.81. The maximum atomic E-state index is 13.0. The number of benzene rings is 1. The molecule has 0 saturated carbocycles. The fourth-order valence-corrected chi connectivity index (χ4v) is 3.81. The molecule has 2 fully saturated rings. The number of piperidine rings is 1. The molecule has 2 aliphatic heterocycles. The number of nitrogens with zero attached hydrogens (tertiary/aromatic N) is 1. The average molecular weight is 264 g/mol. The lowest BCUT2D eigenvalue weighted by Crippen LogP contribution is -2.48. The number of aliphatic hydroxyl groups is 1. The van der Waals surface area contributed by atoms with Crippen molar-refractivity contribution in [2.45, 2.75) is 49.9 Å². The molecule has 2 heterocycles. The molecule has 1 aromatic rings. The van der Waals surface area contributed by atoms with Crippen molar-refractivity contribution in [1.29, 1.82) is 0 Å². The molecule has 3 rings (SSSR count). The van der Waals surface area contributed by atoms with Gasteiger partial charge in [-0.2, -0.15) is 0 Å². The van der Waals surface area contributed by atoms with Crippen molar-refractivity contribution in [2.24, 2.45) is 5.73 Å². The van der Waals surface area contributed by atoms with Crippen LogP contribution in [0.4, 0.5) is 4.39 Å². The van der Waals surface area contributed by atoms with E-state index in [1.165, 1.54) is 12.1 Å². The van der Waals surface area contributed by atoms with Gasteiger partial charge in [0.2, 0.25) is 0 Å². The van der Waals surface area contributed by atoms with Gasteiger partial charge in [-0.15, -0.1) is 0 Å². The first kappa shape index (κ1) is 13.0. The molecule has 1 aromatic carbocycles. The number of hydrogen-bond acceptors (Lipinski definition) is 3. The minimum atomic E-state index is -0.212. The first-order valence-corrected chi connectivity index (χ1v) is 7.10. The van der Waals surface area contributed by atoms with E-state index in [1.807, 2.05) is 12.1 Å². The molecule has 0 spiro atoms. The van der Waals surface area contributed by atoms with Crippen LogP contribution in [0.3, 0.4) is 0 Å². The summed E-state index contributed by atoms with van der Waals surface area (Å²) < 4.78 is 13.0. The summed E-state index contributed by atoms with van der Waals surface area (Å²) in [7, 11) is 0. The van der Waals surface area contributed by atoms with Crippen molar-refractivity contribution >= 4 is 0 Å². The van der Waals surface area contributed by atoms with Gasteiger partial charge in [0.15, 0.2) is 0 Å². The largest absolute Gasteiger partial charge is 0.393 e. The molecule has 3 N–H and O–H groups in total. The Morgan fingerprint density at radius 3 is 2.32 bits per heavy atom. The predicted molar refractivity (Wildman–Crippen MR) is 72.1 cm³/mol. The molecule has 0 amide bonds. The highest BCUT2D eigenvalue weighted by Crippen LogP contribution is 2.41. The quantitative estimate of drug-likeness (QED) is 0.875. The van der Waals surface area contributed by atoms with Crippen LogP contribution in [0.15, 0.2) is 24.3 Å². The van der Waals surface area contributed by atoms with E-state index < -0.39 is 0 Å². The number of aliphatic hydroxyl groups excluding tert-OH is 1. The van der Waals surface area contributed by atoms with Gasteiger partial charge in [0.1, 0.15) is 5.82 Å². The third-order valence-electron chi connectivity index (χ3n) is 4.60. The molecule has 2 bridgehead atoms. The van der Waals surface area contributed by atoms with Crippen LogP contribution in [-0.2, 0) is 0 Å². The second-order valence-electron chi connectivity index (χ2n) is 5.76. The lowest BCUT2D eigenvalue weighted by molar-refractivity contribution is 0.0115. The van der Waals surface area contributed by atoms with Gasteiger partial charge >= 0.3 is 0 Å². The molecule has 3 nitrogen and oxygen atoms in total. The Morgan fingerprint density at radius 1 is 1.21 bits per heavy atom.